The van der Waals surface area contributed by atoms with Crippen LogP contribution in [-0.2, 0) is 11.3 Å². The average Bonchev–Trinajstić information content (AvgIpc) is 2.45. The van der Waals surface area contributed by atoms with Gasteiger partial charge in [-0.3, -0.25) is 4.79 Å². The summed E-state index contributed by atoms with van der Waals surface area (Å²) in [5.41, 5.74) is 5.87. The number of quaternary nitrogens is 1. The number of nitrogens with one attached hydrogen (secondary N) is 2. The third-order valence-electron chi connectivity index (χ3n) is 4.01. The molecule has 0 spiro atoms. The highest BCUT2D eigenvalue weighted by Gasteiger charge is 2.12. The van der Waals surface area contributed by atoms with Crippen LogP contribution in [0.25, 0.3) is 0 Å². The first kappa shape index (κ1) is 16.2. The van der Waals surface area contributed by atoms with Crippen LogP contribution in [0.15, 0.2) is 42.5 Å². The van der Waals surface area contributed by atoms with Gasteiger partial charge in [0.1, 0.15) is 6.54 Å². The lowest BCUT2D eigenvalue weighted by Crippen LogP contribution is -3.08. The normalized spacial score (nSPS) is 12.0. The summed E-state index contributed by atoms with van der Waals surface area (Å²) in [7, 11) is 2.05. The van der Waals surface area contributed by atoms with Gasteiger partial charge in [-0.15, -0.1) is 0 Å². The largest absolute Gasteiger partial charge is 0.326 e. The lowest BCUT2D eigenvalue weighted by atomic mass is 10.1. The third-order valence-corrected chi connectivity index (χ3v) is 4.01. The van der Waals surface area contributed by atoms with Crippen molar-refractivity contribution in [3.05, 3.63) is 64.7 Å². The first-order valence-electron chi connectivity index (χ1n) is 7.68. The van der Waals surface area contributed by atoms with Crippen LogP contribution in [0.4, 0.5) is 5.69 Å². The molecule has 0 aromatic heterocycles. The second-order valence-electron chi connectivity index (χ2n) is 6.08. The van der Waals surface area contributed by atoms with E-state index in [2.05, 4.69) is 38.2 Å². The van der Waals surface area contributed by atoms with Crippen LogP contribution >= 0.6 is 0 Å². The van der Waals surface area contributed by atoms with Crippen LogP contribution in [0, 0.1) is 20.8 Å². The van der Waals surface area contributed by atoms with Crippen LogP contribution in [0.2, 0.25) is 0 Å². The maximum Gasteiger partial charge on any atom is 0.279 e. The summed E-state index contributed by atoms with van der Waals surface area (Å²) in [5.74, 6) is 0.0503. The standard InChI is InChI=1S/C19H24N2O/c1-14-9-10-18(11-16(14)3)20-19(22)13-21(4)12-17-8-6-5-7-15(17)2/h5-11H,12-13H2,1-4H3,(H,20,22)/p+1. The van der Waals surface area contributed by atoms with Crippen molar-refractivity contribution in [1.82, 2.24) is 0 Å². The molecule has 0 saturated carbocycles. The molecule has 1 unspecified atom stereocenters. The summed E-state index contributed by atoms with van der Waals surface area (Å²) in [4.78, 5) is 13.3. The molecule has 2 aromatic rings. The van der Waals surface area contributed by atoms with E-state index in [0.717, 1.165) is 12.2 Å². The summed E-state index contributed by atoms with van der Waals surface area (Å²) in [5, 5.41) is 2.98. The number of hydrogen-bond donors (Lipinski definition) is 2. The number of likely N-dealkylation sites (N-methyl/N-ethyl adjacent to an activating group) is 1. The minimum absolute atomic E-state index is 0.0503. The fourth-order valence-corrected chi connectivity index (χ4v) is 2.49. The van der Waals surface area contributed by atoms with E-state index in [-0.39, 0.29) is 5.91 Å². The number of hydrogen-bond acceptors (Lipinski definition) is 1. The van der Waals surface area contributed by atoms with Crippen molar-refractivity contribution in [2.45, 2.75) is 27.3 Å². The Hall–Kier alpha value is -2.13. The number of carbonyl (C=O) groups is 1. The third kappa shape index (κ3) is 4.43. The molecule has 1 amide bonds. The van der Waals surface area contributed by atoms with Gasteiger partial charge in [0.25, 0.3) is 5.91 Å². The molecule has 2 N–H and O–H groups in total. The molecule has 0 aliphatic heterocycles. The van der Waals surface area contributed by atoms with E-state index in [1.54, 1.807) is 0 Å². The van der Waals surface area contributed by atoms with Crippen molar-refractivity contribution in [3.63, 3.8) is 0 Å². The van der Waals surface area contributed by atoms with Crippen LogP contribution in [0.5, 0.6) is 0 Å². The van der Waals surface area contributed by atoms with E-state index in [9.17, 15) is 4.79 Å². The van der Waals surface area contributed by atoms with Crippen LogP contribution in [-0.4, -0.2) is 19.5 Å². The van der Waals surface area contributed by atoms with Crippen molar-refractivity contribution in [3.8, 4) is 0 Å². The van der Waals surface area contributed by atoms with Crippen LogP contribution < -0.4 is 10.2 Å². The number of anilines is 1. The highest BCUT2D eigenvalue weighted by molar-refractivity contribution is 5.91. The molecule has 0 saturated heterocycles. The molecule has 0 fully saturated rings. The number of rotatable bonds is 5. The molecular formula is C19H25N2O+. The fourth-order valence-electron chi connectivity index (χ4n) is 2.49. The molecule has 0 aliphatic rings. The predicted octanol–water partition coefficient (Wildman–Crippen LogP) is 2.27. The second-order valence-corrected chi connectivity index (χ2v) is 6.08. The molecule has 0 bridgehead atoms. The topological polar surface area (TPSA) is 33.5 Å². The Morgan fingerprint density at radius 1 is 1.00 bits per heavy atom. The van der Waals surface area contributed by atoms with E-state index in [1.165, 1.54) is 27.2 Å². The quantitative estimate of drug-likeness (QED) is 0.872. The van der Waals surface area contributed by atoms with E-state index < -0.39 is 0 Å². The van der Waals surface area contributed by atoms with Crippen molar-refractivity contribution < 1.29 is 9.69 Å². The Balaban J connectivity index is 1.91. The summed E-state index contributed by atoms with van der Waals surface area (Å²) in [6, 6.07) is 14.3. The van der Waals surface area contributed by atoms with Gasteiger partial charge in [0, 0.05) is 11.3 Å². The Morgan fingerprint density at radius 2 is 1.73 bits per heavy atom. The summed E-state index contributed by atoms with van der Waals surface area (Å²) in [6.07, 6.45) is 0. The summed E-state index contributed by atoms with van der Waals surface area (Å²) < 4.78 is 0. The zero-order valence-corrected chi connectivity index (χ0v) is 13.9. The van der Waals surface area contributed by atoms with E-state index >= 15 is 0 Å². The highest BCUT2D eigenvalue weighted by Crippen LogP contribution is 2.13. The molecule has 3 nitrogen and oxygen atoms in total. The van der Waals surface area contributed by atoms with Gasteiger partial charge in [0.15, 0.2) is 6.54 Å². The van der Waals surface area contributed by atoms with E-state index in [4.69, 9.17) is 0 Å². The Labute approximate surface area is 133 Å². The number of benzene rings is 2. The van der Waals surface area contributed by atoms with E-state index in [1.807, 2.05) is 37.4 Å². The van der Waals surface area contributed by atoms with Crippen molar-refractivity contribution in [2.24, 2.45) is 0 Å². The highest BCUT2D eigenvalue weighted by atomic mass is 16.2. The molecule has 116 valence electrons. The molecule has 2 aromatic carbocycles. The molecule has 22 heavy (non-hydrogen) atoms. The minimum atomic E-state index is 0.0503. The molecule has 0 radical (unpaired) electrons. The van der Waals surface area contributed by atoms with Gasteiger partial charge in [-0.25, -0.2) is 0 Å². The number of aryl methyl sites for hydroxylation is 3. The van der Waals surface area contributed by atoms with Crippen molar-refractivity contribution >= 4 is 11.6 Å². The lowest BCUT2D eigenvalue weighted by Gasteiger charge is -2.15. The van der Waals surface area contributed by atoms with Gasteiger partial charge in [-0.2, -0.15) is 0 Å². The maximum absolute atomic E-state index is 12.2. The zero-order chi connectivity index (χ0) is 16.1. The van der Waals surface area contributed by atoms with E-state index in [0.29, 0.717) is 6.54 Å². The van der Waals surface area contributed by atoms with Gasteiger partial charge in [-0.1, -0.05) is 30.3 Å². The van der Waals surface area contributed by atoms with Gasteiger partial charge in [-0.05, 0) is 49.6 Å². The molecular weight excluding hydrogens is 272 g/mol. The summed E-state index contributed by atoms with van der Waals surface area (Å²) in [6.45, 7) is 7.55. The maximum atomic E-state index is 12.2. The molecule has 0 heterocycles. The van der Waals surface area contributed by atoms with Crippen LogP contribution in [0.1, 0.15) is 22.3 Å². The van der Waals surface area contributed by atoms with Gasteiger partial charge >= 0.3 is 0 Å². The average molecular weight is 297 g/mol. The molecule has 2 rings (SSSR count). The van der Waals surface area contributed by atoms with Gasteiger partial charge in [0.2, 0.25) is 0 Å². The first-order valence-corrected chi connectivity index (χ1v) is 7.68. The molecule has 1 atom stereocenters. The minimum Gasteiger partial charge on any atom is -0.326 e. The predicted molar refractivity (Wildman–Crippen MR) is 91.2 cm³/mol. The monoisotopic (exact) mass is 297 g/mol. The second kappa shape index (κ2) is 7.23. The Bertz CT molecular complexity index is 664. The summed E-state index contributed by atoms with van der Waals surface area (Å²) >= 11 is 0. The first-order chi connectivity index (χ1) is 10.5. The number of carbonyl (C=O) groups excluding carboxylic acids is 1. The van der Waals surface area contributed by atoms with Crippen LogP contribution in [0.3, 0.4) is 0 Å². The lowest BCUT2D eigenvalue weighted by molar-refractivity contribution is -0.885. The smallest absolute Gasteiger partial charge is 0.279 e. The van der Waals surface area contributed by atoms with Crippen molar-refractivity contribution in [2.75, 3.05) is 18.9 Å². The van der Waals surface area contributed by atoms with Gasteiger partial charge < -0.3 is 10.2 Å². The Kier molecular flexibility index (Phi) is 5.34. The molecule has 0 aliphatic carbocycles. The zero-order valence-electron chi connectivity index (χ0n) is 13.9. The number of amides is 1. The van der Waals surface area contributed by atoms with Crippen molar-refractivity contribution in [1.29, 1.82) is 0 Å². The fraction of sp³-hybridized carbons (Fsp3) is 0.316. The van der Waals surface area contributed by atoms with Gasteiger partial charge in [0.05, 0.1) is 7.05 Å². The molecule has 3 heteroatoms. The SMILES string of the molecule is Cc1ccc(NC(=O)C[NH+](C)Cc2ccccc2C)cc1C. The Morgan fingerprint density at radius 3 is 2.41 bits per heavy atom.